The van der Waals surface area contributed by atoms with Gasteiger partial charge in [-0.25, -0.2) is 4.39 Å². The van der Waals surface area contributed by atoms with E-state index in [-0.39, 0.29) is 18.2 Å². The van der Waals surface area contributed by atoms with Crippen molar-refractivity contribution in [1.29, 1.82) is 0 Å². The van der Waals surface area contributed by atoms with Crippen LogP contribution in [0.2, 0.25) is 0 Å². The summed E-state index contributed by atoms with van der Waals surface area (Å²) in [5.74, 6) is -0.272. The maximum absolute atomic E-state index is 13.3. The highest BCUT2D eigenvalue weighted by molar-refractivity contribution is 5.85. The Morgan fingerprint density at radius 2 is 2.06 bits per heavy atom. The first kappa shape index (κ1) is 15.4. The third-order valence-corrected chi connectivity index (χ3v) is 2.67. The van der Waals surface area contributed by atoms with Crippen LogP contribution in [0.25, 0.3) is 0 Å². The fourth-order valence-electron chi connectivity index (χ4n) is 1.67. The van der Waals surface area contributed by atoms with E-state index in [1.165, 1.54) is 6.07 Å². The largest absolute Gasteiger partial charge is 0.391 e. The highest BCUT2D eigenvalue weighted by Crippen LogP contribution is 2.22. The average Bonchev–Trinajstić information content (AvgIpc) is 2.21. The first-order chi connectivity index (χ1) is 7.07. The molecule has 1 aromatic carbocycles. The lowest BCUT2D eigenvalue weighted by atomic mass is 9.95. The fraction of sp³-hybridized carbons (Fsp3) is 0.500. The highest BCUT2D eigenvalue weighted by Gasteiger charge is 2.18. The van der Waals surface area contributed by atoms with Crippen LogP contribution in [0.3, 0.4) is 0 Å². The standard InChI is InChI=1S/C12H18FNO.ClH/c1-3-5-11(15)12(14)9-6-4-7-10(13)8(9)2;/h4,6-7,11-12,15H,3,5,14H2,1-2H3;1H/t11-,12+;/m1./s1. The Morgan fingerprint density at radius 3 is 2.62 bits per heavy atom. The van der Waals surface area contributed by atoms with Gasteiger partial charge >= 0.3 is 0 Å². The Balaban J connectivity index is 0.00000225. The van der Waals surface area contributed by atoms with E-state index in [1.54, 1.807) is 19.1 Å². The minimum atomic E-state index is -0.601. The predicted molar refractivity (Wildman–Crippen MR) is 66.2 cm³/mol. The number of aliphatic hydroxyl groups excluding tert-OH is 1. The van der Waals surface area contributed by atoms with Crippen molar-refractivity contribution in [2.24, 2.45) is 5.73 Å². The molecule has 0 spiro atoms. The number of benzene rings is 1. The molecule has 1 rings (SSSR count). The van der Waals surface area contributed by atoms with Gasteiger partial charge in [0.05, 0.1) is 12.1 Å². The van der Waals surface area contributed by atoms with E-state index in [0.717, 1.165) is 6.42 Å². The molecule has 0 saturated carbocycles. The summed E-state index contributed by atoms with van der Waals surface area (Å²) in [5, 5.41) is 9.74. The van der Waals surface area contributed by atoms with E-state index >= 15 is 0 Å². The zero-order valence-electron chi connectivity index (χ0n) is 9.61. The molecule has 0 aliphatic heterocycles. The summed E-state index contributed by atoms with van der Waals surface area (Å²) in [6.07, 6.45) is 0.899. The molecule has 1 aromatic rings. The molecule has 92 valence electrons. The van der Waals surface area contributed by atoms with Crippen molar-refractivity contribution in [2.45, 2.75) is 38.8 Å². The molecule has 0 heterocycles. The van der Waals surface area contributed by atoms with E-state index < -0.39 is 12.1 Å². The number of nitrogens with two attached hydrogens (primary N) is 1. The number of hydrogen-bond acceptors (Lipinski definition) is 2. The van der Waals surface area contributed by atoms with Crippen molar-refractivity contribution in [3.05, 3.63) is 35.1 Å². The SMILES string of the molecule is CCC[C@@H](O)[C@@H](N)c1cccc(F)c1C.Cl. The Labute approximate surface area is 102 Å². The van der Waals surface area contributed by atoms with Gasteiger partial charge < -0.3 is 10.8 Å². The number of rotatable bonds is 4. The minimum absolute atomic E-state index is 0. The monoisotopic (exact) mass is 247 g/mol. The van der Waals surface area contributed by atoms with Crippen molar-refractivity contribution in [1.82, 2.24) is 0 Å². The van der Waals surface area contributed by atoms with Gasteiger partial charge in [-0.15, -0.1) is 12.4 Å². The lowest BCUT2D eigenvalue weighted by Crippen LogP contribution is -2.26. The maximum atomic E-state index is 13.3. The zero-order valence-corrected chi connectivity index (χ0v) is 10.4. The van der Waals surface area contributed by atoms with Crippen LogP contribution < -0.4 is 5.73 Å². The van der Waals surface area contributed by atoms with Crippen molar-refractivity contribution >= 4 is 12.4 Å². The van der Waals surface area contributed by atoms with Gasteiger partial charge in [-0.3, -0.25) is 0 Å². The van der Waals surface area contributed by atoms with Crippen LogP contribution in [0.15, 0.2) is 18.2 Å². The molecule has 0 aliphatic rings. The Morgan fingerprint density at radius 1 is 1.44 bits per heavy atom. The first-order valence-corrected chi connectivity index (χ1v) is 5.26. The van der Waals surface area contributed by atoms with Gasteiger partial charge in [0, 0.05) is 0 Å². The molecule has 0 unspecified atom stereocenters. The van der Waals surface area contributed by atoms with Crippen molar-refractivity contribution in [3.63, 3.8) is 0 Å². The van der Waals surface area contributed by atoms with Crippen molar-refractivity contribution in [3.8, 4) is 0 Å². The van der Waals surface area contributed by atoms with Gasteiger partial charge in [-0.05, 0) is 30.5 Å². The molecule has 2 atom stereocenters. The summed E-state index contributed by atoms with van der Waals surface area (Å²) >= 11 is 0. The van der Waals surface area contributed by atoms with E-state index in [0.29, 0.717) is 17.5 Å². The van der Waals surface area contributed by atoms with Gasteiger partial charge in [-0.1, -0.05) is 25.5 Å². The smallest absolute Gasteiger partial charge is 0.126 e. The molecule has 0 aliphatic carbocycles. The molecule has 0 radical (unpaired) electrons. The van der Waals surface area contributed by atoms with E-state index in [9.17, 15) is 9.50 Å². The summed E-state index contributed by atoms with van der Waals surface area (Å²) in [6.45, 7) is 3.66. The van der Waals surface area contributed by atoms with Crippen LogP contribution in [0.4, 0.5) is 4.39 Å². The van der Waals surface area contributed by atoms with Crippen LogP contribution in [0.5, 0.6) is 0 Å². The molecular weight excluding hydrogens is 229 g/mol. The maximum Gasteiger partial charge on any atom is 0.126 e. The van der Waals surface area contributed by atoms with Gasteiger partial charge in [0.1, 0.15) is 5.82 Å². The molecule has 4 heteroatoms. The van der Waals surface area contributed by atoms with Crippen LogP contribution in [-0.2, 0) is 0 Å². The molecule has 3 N–H and O–H groups in total. The molecule has 0 aromatic heterocycles. The van der Waals surface area contributed by atoms with E-state index in [4.69, 9.17) is 5.73 Å². The Kier molecular flexibility index (Phi) is 6.56. The summed E-state index contributed by atoms with van der Waals surface area (Å²) in [6, 6.07) is 4.29. The topological polar surface area (TPSA) is 46.2 Å². The van der Waals surface area contributed by atoms with Gasteiger partial charge in [0.15, 0.2) is 0 Å². The molecule has 16 heavy (non-hydrogen) atoms. The predicted octanol–water partition coefficient (Wildman–Crippen LogP) is 2.72. The third-order valence-electron chi connectivity index (χ3n) is 2.67. The lowest BCUT2D eigenvalue weighted by molar-refractivity contribution is 0.134. The highest BCUT2D eigenvalue weighted by atomic mass is 35.5. The van der Waals surface area contributed by atoms with Gasteiger partial charge in [0.25, 0.3) is 0 Å². The summed E-state index contributed by atoms with van der Waals surface area (Å²) in [7, 11) is 0. The molecule has 0 amide bonds. The number of hydrogen-bond donors (Lipinski definition) is 2. The number of halogens is 2. The molecule has 2 nitrogen and oxygen atoms in total. The molecular formula is C12H19ClFNO. The minimum Gasteiger partial charge on any atom is -0.391 e. The molecule has 0 saturated heterocycles. The van der Waals surface area contributed by atoms with Crippen LogP contribution in [-0.4, -0.2) is 11.2 Å². The Hall–Kier alpha value is -0.640. The van der Waals surface area contributed by atoms with E-state index in [2.05, 4.69) is 0 Å². The number of aliphatic hydroxyl groups is 1. The molecule has 0 bridgehead atoms. The quantitative estimate of drug-likeness (QED) is 0.860. The van der Waals surface area contributed by atoms with E-state index in [1.807, 2.05) is 6.92 Å². The second-order valence-electron chi connectivity index (χ2n) is 3.84. The fourth-order valence-corrected chi connectivity index (χ4v) is 1.67. The average molecular weight is 248 g/mol. The van der Waals surface area contributed by atoms with Gasteiger partial charge in [-0.2, -0.15) is 0 Å². The Bertz CT molecular complexity index is 333. The van der Waals surface area contributed by atoms with Gasteiger partial charge in [0.2, 0.25) is 0 Å². The molecule has 0 fully saturated rings. The zero-order chi connectivity index (χ0) is 11.4. The van der Waals surface area contributed by atoms with Crippen molar-refractivity contribution < 1.29 is 9.50 Å². The summed E-state index contributed by atoms with van der Waals surface area (Å²) in [5.41, 5.74) is 7.10. The van der Waals surface area contributed by atoms with Crippen LogP contribution >= 0.6 is 12.4 Å². The second kappa shape index (κ2) is 6.84. The third kappa shape index (κ3) is 3.44. The second-order valence-corrected chi connectivity index (χ2v) is 3.84. The summed E-state index contributed by atoms with van der Waals surface area (Å²) in [4.78, 5) is 0. The summed E-state index contributed by atoms with van der Waals surface area (Å²) < 4.78 is 13.3. The first-order valence-electron chi connectivity index (χ1n) is 5.26. The van der Waals surface area contributed by atoms with Crippen LogP contribution in [0, 0.1) is 12.7 Å². The lowest BCUT2D eigenvalue weighted by Gasteiger charge is -2.20. The normalized spacial score (nSPS) is 14.1. The van der Waals surface area contributed by atoms with Crippen molar-refractivity contribution in [2.75, 3.05) is 0 Å². The van der Waals surface area contributed by atoms with Crippen LogP contribution in [0.1, 0.15) is 36.9 Å².